The third-order valence-corrected chi connectivity index (χ3v) is 2.90. The van der Waals surface area contributed by atoms with Gasteiger partial charge in [-0.1, -0.05) is 0 Å². The van der Waals surface area contributed by atoms with Crippen LogP contribution < -0.4 is 20.5 Å². The molecular weight excluding hydrogens is 272 g/mol. The summed E-state index contributed by atoms with van der Waals surface area (Å²) in [6, 6.07) is 5.16. The molecule has 0 spiro atoms. The molecule has 2 rings (SSSR count). The first kappa shape index (κ1) is 14.7. The molecule has 21 heavy (non-hydrogen) atoms. The van der Waals surface area contributed by atoms with Gasteiger partial charge in [0.05, 0.1) is 25.6 Å². The lowest BCUT2D eigenvalue weighted by atomic mass is 10.2. The number of benzene rings is 1. The molecule has 0 fully saturated rings. The zero-order valence-electron chi connectivity index (χ0n) is 12.2. The maximum Gasteiger partial charge on any atom is 0.276 e. The molecule has 3 N–H and O–H groups in total. The summed E-state index contributed by atoms with van der Waals surface area (Å²) in [7, 11) is 3.20. The molecule has 7 heteroatoms. The normalized spacial score (nSPS) is 10.2. The lowest BCUT2D eigenvalue weighted by Gasteiger charge is -2.12. The van der Waals surface area contributed by atoms with E-state index in [1.54, 1.807) is 32.4 Å². The van der Waals surface area contributed by atoms with Crippen molar-refractivity contribution in [2.45, 2.75) is 6.92 Å². The van der Waals surface area contributed by atoms with Gasteiger partial charge in [-0.05, 0) is 19.1 Å². The smallest absolute Gasteiger partial charge is 0.276 e. The van der Waals surface area contributed by atoms with Crippen LogP contribution in [-0.2, 0) is 7.05 Å². The van der Waals surface area contributed by atoms with Gasteiger partial charge in [0.2, 0.25) is 0 Å². The quantitative estimate of drug-likeness (QED) is 0.874. The van der Waals surface area contributed by atoms with Gasteiger partial charge in [0.1, 0.15) is 5.69 Å². The van der Waals surface area contributed by atoms with Crippen LogP contribution in [0.15, 0.2) is 24.4 Å². The summed E-state index contributed by atoms with van der Waals surface area (Å²) < 4.78 is 12.1. The number of hydrogen-bond donors (Lipinski definition) is 2. The molecule has 1 heterocycles. The van der Waals surface area contributed by atoms with Crippen LogP contribution in [-0.4, -0.2) is 29.4 Å². The minimum Gasteiger partial charge on any atom is -0.493 e. The van der Waals surface area contributed by atoms with Crippen molar-refractivity contribution < 1.29 is 14.3 Å². The average Bonchev–Trinajstić information content (AvgIpc) is 2.80. The van der Waals surface area contributed by atoms with Crippen LogP contribution in [0.2, 0.25) is 0 Å². The fourth-order valence-corrected chi connectivity index (χ4v) is 1.94. The first-order chi connectivity index (χ1) is 10.1. The van der Waals surface area contributed by atoms with Crippen molar-refractivity contribution in [3.05, 3.63) is 30.1 Å². The third-order valence-electron chi connectivity index (χ3n) is 2.90. The molecule has 0 bridgehead atoms. The van der Waals surface area contributed by atoms with Crippen LogP contribution in [0, 0.1) is 0 Å². The van der Waals surface area contributed by atoms with Crippen molar-refractivity contribution in [1.29, 1.82) is 0 Å². The molecule has 7 nitrogen and oxygen atoms in total. The van der Waals surface area contributed by atoms with E-state index in [2.05, 4.69) is 10.4 Å². The Morgan fingerprint density at radius 3 is 2.76 bits per heavy atom. The summed E-state index contributed by atoms with van der Waals surface area (Å²) >= 11 is 0. The second kappa shape index (κ2) is 6.17. The Morgan fingerprint density at radius 2 is 2.19 bits per heavy atom. The number of hydrogen-bond acceptors (Lipinski definition) is 5. The van der Waals surface area contributed by atoms with Crippen molar-refractivity contribution in [2.24, 2.45) is 7.05 Å². The van der Waals surface area contributed by atoms with Gasteiger partial charge >= 0.3 is 0 Å². The highest BCUT2D eigenvalue weighted by Gasteiger charge is 2.16. The molecule has 1 aromatic heterocycles. The van der Waals surface area contributed by atoms with Crippen molar-refractivity contribution in [3.8, 4) is 11.5 Å². The highest BCUT2D eigenvalue weighted by molar-refractivity contribution is 6.06. The van der Waals surface area contributed by atoms with E-state index in [-0.39, 0.29) is 5.91 Å². The molecule has 1 amide bonds. The number of rotatable bonds is 5. The number of anilines is 2. The van der Waals surface area contributed by atoms with Gasteiger partial charge < -0.3 is 20.5 Å². The largest absolute Gasteiger partial charge is 0.493 e. The number of carbonyl (C=O) groups is 1. The van der Waals surface area contributed by atoms with Gasteiger partial charge in [0.25, 0.3) is 5.91 Å². The predicted octanol–water partition coefficient (Wildman–Crippen LogP) is 1.66. The summed E-state index contributed by atoms with van der Waals surface area (Å²) in [6.07, 6.45) is 1.44. The third kappa shape index (κ3) is 3.07. The maximum atomic E-state index is 12.2. The van der Waals surface area contributed by atoms with E-state index in [1.807, 2.05) is 6.92 Å². The average molecular weight is 290 g/mol. The van der Waals surface area contributed by atoms with Crippen LogP contribution in [0.1, 0.15) is 17.4 Å². The van der Waals surface area contributed by atoms with Gasteiger partial charge in [0, 0.05) is 18.8 Å². The van der Waals surface area contributed by atoms with E-state index >= 15 is 0 Å². The number of nitrogens with one attached hydrogen (secondary N) is 1. The van der Waals surface area contributed by atoms with Gasteiger partial charge in [-0.25, -0.2) is 0 Å². The molecule has 0 saturated carbocycles. The van der Waals surface area contributed by atoms with Crippen molar-refractivity contribution >= 4 is 17.3 Å². The van der Waals surface area contributed by atoms with E-state index in [4.69, 9.17) is 15.2 Å². The Morgan fingerprint density at radius 1 is 1.43 bits per heavy atom. The van der Waals surface area contributed by atoms with Crippen molar-refractivity contribution in [1.82, 2.24) is 9.78 Å². The summed E-state index contributed by atoms with van der Waals surface area (Å²) in [5.41, 5.74) is 6.95. The molecule has 0 saturated heterocycles. The first-order valence-electron chi connectivity index (χ1n) is 6.46. The second-order valence-corrected chi connectivity index (χ2v) is 4.32. The van der Waals surface area contributed by atoms with Crippen molar-refractivity contribution in [2.75, 3.05) is 24.8 Å². The highest BCUT2D eigenvalue weighted by atomic mass is 16.5. The summed E-state index contributed by atoms with van der Waals surface area (Å²) in [5, 5.41) is 6.69. The monoisotopic (exact) mass is 290 g/mol. The Kier molecular flexibility index (Phi) is 4.32. The maximum absolute atomic E-state index is 12.2. The van der Waals surface area contributed by atoms with Crippen LogP contribution in [0.4, 0.5) is 11.4 Å². The minimum atomic E-state index is -0.335. The molecule has 0 aliphatic heterocycles. The van der Waals surface area contributed by atoms with Crippen LogP contribution in [0.3, 0.4) is 0 Å². The number of ether oxygens (including phenoxy) is 2. The fourth-order valence-electron chi connectivity index (χ4n) is 1.94. The lowest BCUT2D eigenvalue weighted by Crippen LogP contribution is -2.17. The summed E-state index contributed by atoms with van der Waals surface area (Å²) in [5.74, 6) is 0.837. The molecule has 0 aliphatic carbocycles. The number of nitrogens with zero attached hydrogens (tertiary/aromatic N) is 2. The first-order valence-corrected chi connectivity index (χ1v) is 6.46. The van der Waals surface area contributed by atoms with E-state index in [0.29, 0.717) is 35.2 Å². The highest BCUT2D eigenvalue weighted by Crippen LogP contribution is 2.30. The zero-order chi connectivity index (χ0) is 15.4. The Hall–Kier alpha value is -2.70. The van der Waals surface area contributed by atoms with Crippen LogP contribution in [0.5, 0.6) is 11.5 Å². The number of nitrogens with two attached hydrogens (primary N) is 1. The molecule has 1 aromatic carbocycles. The number of amides is 1. The van der Waals surface area contributed by atoms with Gasteiger partial charge in [-0.2, -0.15) is 5.10 Å². The van der Waals surface area contributed by atoms with Gasteiger partial charge in [0.15, 0.2) is 11.5 Å². The van der Waals surface area contributed by atoms with Gasteiger partial charge in [-0.15, -0.1) is 0 Å². The Labute approximate surface area is 122 Å². The number of carbonyl (C=O) groups excluding carboxylic acids is 1. The van der Waals surface area contributed by atoms with E-state index in [1.165, 1.54) is 10.9 Å². The summed E-state index contributed by atoms with van der Waals surface area (Å²) in [6.45, 7) is 2.42. The molecule has 0 aliphatic rings. The van der Waals surface area contributed by atoms with E-state index in [9.17, 15) is 4.79 Å². The van der Waals surface area contributed by atoms with E-state index in [0.717, 1.165) is 0 Å². The van der Waals surface area contributed by atoms with Crippen molar-refractivity contribution in [3.63, 3.8) is 0 Å². The molecule has 0 atom stereocenters. The van der Waals surface area contributed by atoms with E-state index < -0.39 is 0 Å². The Balaban J connectivity index is 2.22. The topological polar surface area (TPSA) is 91.4 Å². The minimum absolute atomic E-state index is 0.308. The van der Waals surface area contributed by atoms with Gasteiger partial charge in [-0.3, -0.25) is 9.48 Å². The zero-order valence-corrected chi connectivity index (χ0v) is 12.2. The standard InChI is InChI=1S/C14H18N4O3/c1-4-21-11-6-5-9(7-12(11)20-3)17-14(19)13-10(15)8-16-18(13)2/h5-8H,4,15H2,1-3H3,(H,17,19). The van der Waals surface area contributed by atoms with Crippen LogP contribution in [0.25, 0.3) is 0 Å². The SMILES string of the molecule is CCOc1ccc(NC(=O)c2c(N)cnn2C)cc1OC. The van der Waals surface area contributed by atoms with Crippen LogP contribution >= 0.6 is 0 Å². The number of nitrogen functional groups attached to an aromatic ring is 1. The second-order valence-electron chi connectivity index (χ2n) is 4.32. The summed E-state index contributed by atoms with van der Waals surface area (Å²) in [4.78, 5) is 12.2. The molecule has 0 unspecified atom stereocenters. The predicted molar refractivity (Wildman–Crippen MR) is 79.7 cm³/mol. The lowest BCUT2D eigenvalue weighted by molar-refractivity contribution is 0.101. The molecular formula is C14H18N4O3. The number of aromatic nitrogens is 2. The fraction of sp³-hybridized carbons (Fsp3) is 0.286. The molecule has 112 valence electrons. The molecule has 0 radical (unpaired) electrons. The Bertz CT molecular complexity index is 632. The number of methoxy groups -OCH3 is 1. The number of aryl methyl sites for hydroxylation is 1. The molecule has 2 aromatic rings.